The summed E-state index contributed by atoms with van der Waals surface area (Å²) < 4.78 is 0. The second kappa shape index (κ2) is 25.7. The van der Waals surface area contributed by atoms with E-state index in [1.807, 2.05) is 0 Å². The molecule has 0 heterocycles. The van der Waals surface area contributed by atoms with Crippen molar-refractivity contribution in [1.82, 2.24) is 0 Å². The van der Waals surface area contributed by atoms with Gasteiger partial charge in [-0.3, -0.25) is 0 Å². The van der Waals surface area contributed by atoms with E-state index >= 15 is 0 Å². The molecule has 0 radical (unpaired) electrons. The van der Waals surface area contributed by atoms with E-state index < -0.39 is 5.09 Å². The molecule has 0 bridgehead atoms. The van der Waals surface area contributed by atoms with E-state index in [0.717, 1.165) is 0 Å². The minimum absolute atomic E-state index is 0. The van der Waals surface area contributed by atoms with Crippen molar-refractivity contribution in [2.75, 3.05) is 0 Å². The van der Waals surface area contributed by atoms with Gasteiger partial charge < -0.3 is 21.6 Å². The summed E-state index contributed by atoms with van der Waals surface area (Å²) in [6, 6.07) is 0. The Labute approximate surface area is 81.6 Å². The summed E-state index contributed by atoms with van der Waals surface area (Å²) in [5.41, 5.74) is 0. The van der Waals surface area contributed by atoms with Crippen LogP contribution < -0.4 is 0 Å². The molecule has 7 N–H and O–H groups in total. The molecule has 8 heavy (non-hydrogen) atoms. The van der Waals surface area contributed by atoms with Gasteiger partial charge in [0.2, 0.25) is 0 Å². The molecule has 0 aliphatic heterocycles. The second-order valence-corrected chi connectivity index (χ2v) is 0.238. The predicted molar refractivity (Wildman–Crippen MR) is 28.2 cm³/mol. The Kier molecular flexibility index (Phi) is 124. The van der Waals surface area contributed by atoms with E-state index in [1.54, 1.807) is 0 Å². The quantitative estimate of drug-likeness (QED) is 0.246. The Morgan fingerprint density at radius 3 is 1.25 bits per heavy atom. The fraction of sp³-hybridized carbons (Fsp3) is 0. The van der Waals surface area contributed by atoms with Crippen LogP contribution in [0.15, 0.2) is 0 Å². The van der Waals surface area contributed by atoms with Crippen molar-refractivity contribution in [2.45, 2.75) is 0 Å². The fourth-order valence-corrected chi connectivity index (χ4v) is 0. The first-order valence-electron chi connectivity index (χ1n) is 0.565. The van der Waals surface area contributed by atoms with Gasteiger partial charge in [0.1, 0.15) is 0 Å². The van der Waals surface area contributed by atoms with Crippen LogP contribution in [0.4, 0.5) is 0 Å². The number of hydrogen-bond acceptors (Lipinski definition) is 2. The summed E-state index contributed by atoms with van der Waals surface area (Å²) in [6.07, 6.45) is 0. The molecule has 52 valence electrons. The number of hydrogen-bond donors (Lipinski definition) is 1. The van der Waals surface area contributed by atoms with Gasteiger partial charge >= 0.3 is 45.5 Å². The van der Waals surface area contributed by atoms with E-state index in [9.17, 15) is 0 Å². The maximum absolute atomic E-state index is 8.36. The number of rotatable bonds is 0. The van der Waals surface area contributed by atoms with Crippen molar-refractivity contribution < 1.29 is 26.7 Å². The molecule has 0 rings (SSSR count). The van der Waals surface area contributed by atoms with Crippen LogP contribution >= 0.6 is 0 Å². The SMILES string of the molecule is O.O.O.O=[N+]([O-])O.[SrH2]. The third kappa shape index (κ3) is 646. The van der Waals surface area contributed by atoms with Gasteiger partial charge in [0.25, 0.3) is 5.09 Å². The van der Waals surface area contributed by atoms with Crippen molar-refractivity contribution in [1.29, 1.82) is 0 Å². The molecule has 0 atom stereocenters. The third-order valence-electron chi connectivity index (χ3n) is 0. The van der Waals surface area contributed by atoms with E-state index in [-0.39, 0.29) is 61.9 Å². The number of nitrogens with zero attached hydrogens (tertiary/aromatic N) is 1. The molecule has 0 aromatic carbocycles. The second-order valence-electron chi connectivity index (χ2n) is 0.238. The van der Waals surface area contributed by atoms with Gasteiger partial charge in [-0.2, -0.15) is 0 Å². The molecule has 0 aromatic heterocycles. The summed E-state index contributed by atoms with van der Waals surface area (Å²) in [5.74, 6) is 0. The summed E-state index contributed by atoms with van der Waals surface area (Å²) >= 11 is 0. The predicted octanol–water partition coefficient (Wildman–Crippen LogP) is -3.74. The molecule has 0 aliphatic carbocycles. The Morgan fingerprint density at radius 1 is 1.25 bits per heavy atom. The third-order valence-corrected chi connectivity index (χ3v) is 0. The molecular formula is H9NO6Sr. The van der Waals surface area contributed by atoms with E-state index in [2.05, 4.69) is 0 Å². The summed E-state index contributed by atoms with van der Waals surface area (Å²) in [7, 11) is 0. The van der Waals surface area contributed by atoms with Crippen LogP contribution in [-0.4, -0.2) is 72.2 Å². The normalized spacial score (nSPS) is 3.00. The molecule has 0 saturated carbocycles. The van der Waals surface area contributed by atoms with Crippen LogP contribution in [0.3, 0.4) is 0 Å². The Bertz CT molecular complexity index is 31.5. The zero-order valence-electron chi connectivity index (χ0n) is 3.21. The average Bonchev–Trinajstić information content (AvgIpc) is 0.811. The Hall–Kier alpha value is 0.561. The summed E-state index contributed by atoms with van der Waals surface area (Å²) in [4.78, 5) is 8.36. The van der Waals surface area contributed by atoms with E-state index in [1.165, 1.54) is 0 Å². The maximum atomic E-state index is 8.36. The Morgan fingerprint density at radius 2 is 1.25 bits per heavy atom. The average molecular weight is 207 g/mol. The van der Waals surface area contributed by atoms with Gasteiger partial charge in [-0.25, -0.2) is 0 Å². The topological polar surface area (TPSA) is 158 Å². The zero-order chi connectivity index (χ0) is 3.58. The molecule has 0 amide bonds. The molecule has 0 aliphatic rings. The van der Waals surface area contributed by atoms with Gasteiger partial charge in [0.15, 0.2) is 0 Å². The standard InChI is InChI=1S/HNO3.3H2O.Sr.2H/c2-1(3)4;;;;;;/h(H,2,3,4);3*1H2;;;. The van der Waals surface area contributed by atoms with Crippen molar-refractivity contribution >= 4 is 45.5 Å². The van der Waals surface area contributed by atoms with Crippen molar-refractivity contribution in [3.8, 4) is 0 Å². The van der Waals surface area contributed by atoms with Gasteiger partial charge in [0.05, 0.1) is 0 Å². The van der Waals surface area contributed by atoms with Crippen LogP contribution in [0, 0.1) is 10.1 Å². The van der Waals surface area contributed by atoms with Gasteiger partial charge in [0, 0.05) is 0 Å². The molecule has 0 saturated heterocycles. The van der Waals surface area contributed by atoms with Crippen molar-refractivity contribution in [3.05, 3.63) is 10.1 Å². The monoisotopic (exact) mass is 207 g/mol. The first-order valence-corrected chi connectivity index (χ1v) is 0.565. The van der Waals surface area contributed by atoms with Crippen molar-refractivity contribution in [2.24, 2.45) is 0 Å². The van der Waals surface area contributed by atoms with Gasteiger partial charge in [-0.15, -0.1) is 10.1 Å². The fourth-order valence-electron chi connectivity index (χ4n) is 0. The van der Waals surface area contributed by atoms with Crippen molar-refractivity contribution in [3.63, 3.8) is 0 Å². The molecule has 8 heteroatoms. The molecule has 0 aromatic rings. The first-order chi connectivity index (χ1) is 1.73. The van der Waals surface area contributed by atoms with Gasteiger partial charge in [-0.05, 0) is 0 Å². The van der Waals surface area contributed by atoms with Crippen LogP contribution in [0.5, 0.6) is 0 Å². The summed E-state index contributed by atoms with van der Waals surface area (Å²) in [6.45, 7) is 0. The van der Waals surface area contributed by atoms with E-state index in [4.69, 9.17) is 15.3 Å². The molecule has 0 spiro atoms. The van der Waals surface area contributed by atoms with Crippen LogP contribution in [-0.2, 0) is 0 Å². The minimum atomic E-state index is -1.50. The Balaban J connectivity index is -0.00000000750. The van der Waals surface area contributed by atoms with Gasteiger partial charge in [-0.1, -0.05) is 0 Å². The zero-order valence-corrected chi connectivity index (χ0v) is 3.21. The molecule has 0 fully saturated rings. The summed E-state index contributed by atoms with van der Waals surface area (Å²) in [5, 5.41) is 13.6. The molecule has 7 nitrogen and oxygen atoms in total. The van der Waals surface area contributed by atoms with Crippen LogP contribution in [0.1, 0.15) is 0 Å². The van der Waals surface area contributed by atoms with Crippen LogP contribution in [0.25, 0.3) is 0 Å². The molecule has 0 unspecified atom stereocenters. The molecular weight excluding hydrogens is 198 g/mol. The van der Waals surface area contributed by atoms with E-state index in [0.29, 0.717) is 0 Å². The van der Waals surface area contributed by atoms with Crippen LogP contribution in [0.2, 0.25) is 0 Å². The first kappa shape index (κ1) is 38.6.